The van der Waals surface area contributed by atoms with Crippen LogP contribution in [0.25, 0.3) is 0 Å². The van der Waals surface area contributed by atoms with Crippen LogP contribution in [-0.2, 0) is 22.6 Å². The van der Waals surface area contributed by atoms with Gasteiger partial charge in [-0.25, -0.2) is 4.79 Å². The van der Waals surface area contributed by atoms with E-state index in [2.05, 4.69) is 75.5 Å². The molecule has 7 nitrogen and oxygen atoms in total. The number of carbonyl (C=O) groups excluding carboxylic acids is 1. The molecule has 4 atom stereocenters. The van der Waals surface area contributed by atoms with E-state index >= 15 is 0 Å². The van der Waals surface area contributed by atoms with Gasteiger partial charge in [-0.05, 0) is 56.5 Å². The Morgan fingerprint density at radius 1 is 1.06 bits per heavy atom. The molecular formula is C29H40N4O3. The van der Waals surface area contributed by atoms with E-state index in [0.717, 1.165) is 32.7 Å². The van der Waals surface area contributed by atoms with Crippen molar-refractivity contribution in [3.63, 3.8) is 0 Å². The highest BCUT2D eigenvalue weighted by molar-refractivity contribution is 5.68. The van der Waals surface area contributed by atoms with Crippen molar-refractivity contribution in [2.45, 2.75) is 70.6 Å². The van der Waals surface area contributed by atoms with E-state index in [1.807, 2.05) is 20.8 Å². The highest BCUT2D eigenvalue weighted by atomic mass is 16.6. The van der Waals surface area contributed by atoms with E-state index in [0.29, 0.717) is 18.6 Å². The summed E-state index contributed by atoms with van der Waals surface area (Å²) in [5.74, 6) is 0. The summed E-state index contributed by atoms with van der Waals surface area (Å²) in [6.45, 7) is 13.6. The molecule has 1 amide bonds. The van der Waals surface area contributed by atoms with Crippen LogP contribution in [0.3, 0.4) is 0 Å². The molecule has 0 unspecified atom stereocenters. The normalized spacial score (nSPS) is 26.5. The first-order valence-corrected chi connectivity index (χ1v) is 13.1. The number of hydrogen-bond donors (Lipinski definition) is 1. The third-order valence-corrected chi connectivity index (χ3v) is 7.64. The molecule has 194 valence electrons. The number of hydrogen-bond acceptors (Lipinski definition) is 6. The molecule has 2 saturated heterocycles. The number of amides is 1. The van der Waals surface area contributed by atoms with Gasteiger partial charge in [0.25, 0.3) is 0 Å². The number of nitrogens with zero attached hydrogens (tertiary/aromatic N) is 3. The maximum atomic E-state index is 12.4. The molecule has 2 aromatic rings. The molecule has 0 radical (unpaired) electrons. The first kappa shape index (κ1) is 25.1. The Labute approximate surface area is 215 Å². The Balaban J connectivity index is 1.27. The number of nitrogens with one attached hydrogen (secondary N) is 1. The van der Waals surface area contributed by atoms with Crippen molar-refractivity contribution in [2.24, 2.45) is 0 Å². The topological polar surface area (TPSA) is 57.3 Å². The van der Waals surface area contributed by atoms with Crippen LogP contribution >= 0.6 is 0 Å². The van der Waals surface area contributed by atoms with Crippen LogP contribution in [0.15, 0.2) is 48.5 Å². The summed E-state index contributed by atoms with van der Waals surface area (Å²) in [4.78, 5) is 19.9. The third-order valence-electron chi connectivity index (χ3n) is 7.64. The summed E-state index contributed by atoms with van der Waals surface area (Å²) < 4.78 is 11.2. The molecule has 0 spiro atoms. The lowest BCUT2D eigenvalue weighted by atomic mass is 10.0. The summed E-state index contributed by atoms with van der Waals surface area (Å²) >= 11 is 0. The van der Waals surface area contributed by atoms with Crippen molar-refractivity contribution < 1.29 is 14.3 Å². The minimum atomic E-state index is -0.523. The second-order valence-corrected chi connectivity index (χ2v) is 11.5. The lowest BCUT2D eigenvalue weighted by Crippen LogP contribution is -2.50. The van der Waals surface area contributed by atoms with Gasteiger partial charge >= 0.3 is 6.09 Å². The average Bonchev–Trinajstić information content (AvgIpc) is 3.39. The zero-order valence-corrected chi connectivity index (χ0v) is 22.2. The highest BCUT2D eigenvalue weighted by Gasteiger charge is 2.40. The van der Waals surface area contributed by atoms with Gasteiger partial charge in [0.1, 0.15) is 5.60 Å². The fraction of sp³-hybridized carbons (Fsp3) is 0.552. The predicted octanol–water partition coefficient (Wildman–Crippen LogP) is 4.18. The second kappa shape index (κ2) is 10.0. The van der Waals surface area contributed by atoms with Crippen molar-refractivity contribution in [1.82, 2.24) is 15.1 Å². The van der Waals surface area contributed by atoms with Crippen LogP contribution in [0.4, 0.5) is 10.5 Å². The van der Waals surface area contributed by atoms with Gasteiger partial charge in [-0.3, -0.25) is 9.80 Å². The average molecular weight is 493 g/mol. The molecule has 2 fully saturated rings. The van der Waals surface area contributed by atoms with E-state index in [1.165, 1.54) is 22.4 Å². The molecule has 3 heterocycles. The van der Waals surface area contributed by atoms with E-state index in [9.17, 15) is 4.79 Å². The summed E-state index contributed by atoms with van der Waals surface area (Å²) in [6, 6.07) is 18.5. The van der Waals surface area contributed by atoms with Crippen LogP contribution in [0.1, 0.15) is 50.4 Å². The molecule has 2 aromatic carbocycles. The van der Waals surface area contributed by atoms with E-state index < -0.39 is 11.7 Å². The number of benzene rings is 2. The van der Waals surface area contributed by atoms with Gasteiger partial charge in [0, 0.05) is 64.1 Å². The number of anilines is 1. The number of methoxy groups -OCH3 is 1. The van der Waals surface area contributed by atoms with Crippen molar-refractivity contribution in [1.29, 1.82) is 0 Å². The minimum Gasteiger partial charge on any atom is -0.444 e. The van der Waals surface area contributed by atoms with Gasteiger partial charge in [-0.2, -0.15) is 0 Å². The maximum absolute atomic E-state index is 12.4. The smallest absolute Gasteiger partial charge is 0.408 e. The lowest BCUT2D eigenvalue weighted by Gasteiger charge is -2.42. The fourth-order valence-electron chi connectivity index (χ4n) is 5.99. The van der Waals surface area contributed by atoms with E-state index in [1.54, 1.807) is 7.11 Å². The summed E-state index contributed by atoms with van der Waals surface area (Å²) in [6.07, 6.45) is -0.472. The van der Waals surface area contributed by atoms with Gasteiger partial charge in [0.05, 0.1) is 12.1 Å². The molecule has 3 aliphatic rings. The van der Waals surface area contributed by atoms with Crippen molar-refractivity contribution in [3.05, 3.63) is 65.2 Å². The predicted molar refractivity (Wildman–Crippen MR) is 142 cm³/mol. The molecule has 3 aliphatic heterocycles. The van der Waals surface area contributed by atoms with Crippen molar-refractivity contribution in [3.8, 4) is 0 Å². The van der Waals surface area contributed by atoms with Gasteiger partial charge < -0.3 is 19.7 Å². The molecule has 7 heteroatoms. The molecular weight excluding hydrogens is 452 g/mol. The highest BCUT2D eigenvalue weighted by Crippen LogP contribution is 2.40. The minimum absolute atomic E-state index is 0.0799. The molecule has 5 rings (SSSR count). The Kier molecular flexibility index (Phi) is 6.99. The molecule has 1 N–H and O–H groups in total. The van der Waals surface area contributed by atoms with Crippen LogP contribution in [0.5, 0.6) is 0 Å². The number of alkyl carbamates (subject to hydrolysis) is 1. The fourth-order valence-corrected chi connectivity index (χ4v) is 5.99. The summed E-state index contributed by atoms with van der Waals surface area (Å²) in [5.41, 5.74) is 4.92. The SMILES string of the molecule is CO[C@@H]1CN(c2ccc3c(c2)CN2[C@H](C)CN(Cc4ccccc4)C[C@H]32)C[C@H]1NC(=O)OC(C)(C)C. The first-order chi connectivity index (χ1) is 17.2. The van der Waals surface area contributed by atoms with Crippen LogP contribution in [0, 0.1) is 0 Å². The van der Waals surface area contributed by atoms with Gasteiger partial charge in [-0.15, -0.1) is 0 Å². The Morgan fingerprint density at radius 2 is 1.83 bits per heavy atom. The second-order valence-electron chi connectivity index (χ2n) is 11.5. The number of piperazine rings is 1. The molecule has 0 saturated carbocycles. The zero-order valence-electron chi connectivity index (χ0n) is 22.2. The largest absolute Gasteiger partial charge is 0.444 e. The number of fused-ring (bicyclic) bond motifs is 3. The monoisotopic (exact) mass is 492 g/mol. The quantitative estimate of drug-likeness (QED) is 0.676. The Morgan fingerprint density at radius 3 is 2.56 bits per heavy atom. The molecule has 0 aromatic heterocycles. The maximum Gasteiger partial charge on any atom is 0.408 e. The standard InChI is InChI=1S/C29H40N4O3/c1-20-14-31(15-21-9-7-6-8-10-21)18-26-24-12-11-23(13-22(24)16-33(20)26)32-17-25(27(19-32)35-5)30-28(34)36-29(2,3)4/h6-13,20,25-27H,14-19H2,1-5H3,(H,30,34)/t20-,25-,26-,27-/m1/s1. The van der Waals surface area contributed by atoms with Crippen molar-refractivity contribution >= 4 is 11.8 Å². The van der Waals surface area contributed by atoms with Crippen LogP contribution in [-0.4, -0.2) is 73.0 Å². The third kappa shape index (κ3) is 5.38. The number of ether oxygens (including phenoxy) is 2. The Bertz CT molecular complexity index is 1070. The Hall–Kier alpha value is -2.61. The number of carbonyl (C=O) groups is 1. The van der Waals surface area contributed by atoms with Gasteiger partial charge in [0.2, 0.25) is 0 Å². The van der Waals surface area contributed by atoms with Crippen LogP contribution < -0.4 is 10.2 Å². The first-order valence-electron chi connectivity index (χ1n) is 13.1. The summed E-state index contributed by atoms with van der Waals surface area (Å²) in [5, 5.41) is 3.02. The molecule has 36 heavy (non-hydrogen) atoms. The van der Waals surface area contributed by atoms with Crippen molar-refractivity contribution in [2.75, 3.05) is 38.2 Å². The van der Waals surface area contributed by atoms with Crippen LogP contribution in [0.2, 0.25) is 0 Å². The van der Waals surface area contributed by atoms with E-state index in [4.69, 9.17) is 9.47 Å². The molecule has 0 aliphatic carbocycles. The van der Waals surface area contributed by atoms with Gasteiger partial charge in [-0.1, -0.05) is 36.4 Å². The summed E-state index contributed by atoms with van der Waals surface area (Å²) in [7, 11) is 1.71. The number of rotatable bonds is 5. The zero-order chi connectivity index (χ0) is 25.4. The molecule has 0 bridgehead atoms. The van der Waals surface area contributed by atoms with E-state index in [-0.39, 0.29) is 12.1 Å². The van der Waals surface area contributed by atoms with Gasteiger partial charge in [0.15, 0.2) is 0 Å². The lowest BCUT2D eigenvalue weighted by molar-refractivity contribution is 0.0339.